The van der Waals surface area contributed by atoms with Crippen molar-refractivity contribution in [2.75, 3.05) is 32.7 Å². The predicted octanol–water partition coefficient (Wildman–Crippen LogP) is 1.18. The van der Waals surface area contributed by atoms with Crippen LogP contribution >= 0.6 is 0 Å². The summed E-state index contributed by atoms with van der Waals surface area (Å²) in [5, 5.41) is 3.01. The number of hydrogen-bond donors (Lipinski definition) is 1. The van der Waals surface area contributed by atoms with Crippen molar-refractivity contribution in [3.05, 3.63) is 30.2 Å². The maximum Gasteiger partial charge on any atom is 0.234 e. The first-order valence-electron chi connectivity index (χ1n) is 9.31. The molecule has 0 unspecified atom stereocenters. The average Bonchev–Trinajstić information content (AvgIpc) is 3.35. The molecule has 7 heteroatoms. The Bertz CT molecular complexity index is 758. The number of hydrogen-bond acceptors (Lipinski definition) is 5. The fourth-order valence-electron chi connectivity index (χ4n) is 3.26. The van der Waals surface area contributed by atoms with Gasteiger partial charge in [0.15, 0.2) is 11.5 Å². The van der Waals surface area contributed by atoms with Crippen molar-refractivity contribution in [1.29, 1.82) is 0 Å². The van der Waals surface area contributed by atoms with Gasteiger partial charge in [-0.15, -0.1) is 0 Å². The molecule has 1 saturated heterocycles. The molecule has 2 aromatic rings. The van der Waals surface area contributed by atoms with E-state index in [1.54, 1.807) is 0 Å². The average molecular weight is 356 g/mol. The van der Waals surface area contributed by atoms with Gasteiger partial charge in [-0.25, -0.2) is 4.98 Å². The highest BCUT2D eigenvalue weighted by molar-refractivity contribution is 5.79. The van der Waals surface area contributed by atoms with Crippen LogP contribution in [0.1, 0.15) is 25.2 Å². The Balaban J connectivity index is 1.21. The lowest BCUT2D eigenvalue weighted by Gasteiger charge is -2.34. The maximum atomic E-state index is 12.4. The largest absolute Gasteiger partial charge is 0.441 e. The van der Waals surface area contributed by atoms with E-state index in [0.29, 0.717) is 44.4 Å². The SMILES string of the molecule is O=C(CN1CCN(C(=O)CCc2nc3ccccc3o2)CC1)NC1CC1. The molecule has 0 radical (unpaired) electrons. The quantitative estimate of drug-likeness (QED) is 0.841. The van der Waals surface area contributed by atoms with E-state index in [9.17, 15) is 9.59 Å². The number of para-hydroxylation sites is 2. The predicted molar refractivity (Wildman–Crippen MR) is 96.5 cm³/mol. The highest BCUT2D eigenvalue weighted by atomic mass is 16.3. The maximum absolute atomic E-state index is 12.4. The third-order valence-corrected chi connectivity index (χ3v) is 4.93. The lowest BCUT2D eigenvalue weighted by atomic mass is 10.2. The fraction of sp³-hybridized carbons (Fsp3) is 0.526. The van der Waals surface area contributed by atoms with Gasteiger partial charge in [-0.2, -0.15) is 0 Å². The van der Waals surface area contributed by atoms with Crippen molar-refractivity contribution in [1.82, 2.24) is 20.1 Å². The molecule has 0 spiro atoms. The molecular formula is C19H24N4O3. The topological polar surface area (TPSA) is 78.7 Å². The molecule has 2 fully saturated rings. The number of amides is 2. The van der Waals surface area contributed by atoms with Crippen LogP contribution in [0.25, 0.3) is 11.1 Å². The zero-order valence-electron chi connectivity index (χ0n) is 14.8. The first-order valence-corrected chi connectivity index (χ1v) is 9.31. The highest BCUT2D eigenvalue weighted by Crippen LogP contribution is 2.18. The van der Waals surface area contributed by atoms with Gasteiger partial charge in [0.2, 0.25) is 11.8 Å². The van der Waals surface area contributed by atoms with E-state index in [1.165, 1.54) is 0 Å². The minimum absolute atomic E-state index is 0.100. The molecule has 4 rings (SSSR count). The molecule has 7 nitrogen and oxygen atoms in total. The lowest BCUT2D eigenvalue weighted by molar-refractivity contribution is -0.133. The summed E-state index contributed by atoms with van der Waals surface area (Å²) in [5.74, 6) is 0.826. The van der Waals surface area contributed by atoms with Gasteiger partial charge in [-0.1, -0.05) is 12.1 Å². The third-order valence-electron chi connectivity index (χ3n) is 4.93. The Labute approximate surface area is 152 Å². The first kappa shape index (κ1) is 17.0. The second-order valence-electron chi connectivity index (χ2n) is 7.07. The number of oxazole rings is 1. The van der Waals surface area contributed by atoms with Crippen LogP contribution in [-0.2, 0) is 16.0 Å². The van der Waals surface area contributed by atoms with E-state index in [-0.39, 0.29) is 11.8 Å². The summed E-state index contributed by atoms with van der Waals surface area (Å²) in [7, 11) is 0. The van der Waals surface area contributed by atoms with Gasteiger partial charge in [-0.05, 0) is 25.0 Å². The molecule has 1 aliphatic heterocycles. The molecule has 0 bridgehead atoms. The number of rotatable bonds is 6. The van der Waals surface area contributed by atoms with Crippen molar-refractivity contribution in [2.24, 2.45) is 0 Å². The van der Waals surface area contributed by atoms with Crippen molar-refractivity contribution in [2.45, 2.75) is 31.7 Å². The van der Waals surface area contributed by atoms with Gasteiger partial charge in [0.05, 0.1) is 6.54 Å². The van der Waals surface area contributed by atoms with E-state index >= 15 is 0 Å². The molecule has 1 saturated carbocycles. The molecule has 1 aliphatic carbocycles. The number of aromatic nitrogens is 1. The van der Waals surface area contributed by atoms with E-state index in [4.69, 9.17) is 4.42 Å². The number of carbonyl (C=O) groups is 2. The van der Waals surface area contributed by atoms with Gasteiger partial charge < -0.3 is 14.6 Å². The van der Waals surface area contributed by atoms with Crippen LogP contribution < -0.4 is 5.32 Å². The summed E-state index contributed by atoms with van der Waals surface area (Å²) < 4.78 is 5.67. The van der Waals surface area contributed by atoms with Gasteiger partial charge in [0, 0.05) is 45.1 Å². The lowest BCUT2D eigenvalue weighted by Crippen LogP contribution is -2.51. The number of aryl methyl sites for hydroxylation is 1. The zero-order valence-corrected chi connectivity index (χ0v) is 14.8. The summed E-state index contributed by atoms with van der Waals surface area (Å²) in [5.41, 5.74) is 1.58. The van der Waals surface area contributed by atoms with Crippen molar-refractivity contribution >= 4 is 22.9 Å². The molecule has 2 amide bonds. The first-order chi connectivity index (χ1) is 12.7. The Morgan fingerprint density at radius 2 is 1.92 bits per heavy atom. The fourth-order valence-corrected chi connectivity index (χ4v) is 3.26. The molecule has 1 aromatic carbocycles. The van der Waals surface area contributed by atoms with Crippen molar-refractivity contribution in [3.8, 4) is 0 Å². The second-order valence-corrected chi connectivity index (χ2v) is 7.07. The normalized spacial score (nSPS) is 18.2. The highest BCUT2D eigenvalue weighted by Gasteiger charge is 2.26. The van der Waals surface area contributed by atoms with E-state index < -0.39 is 0 Å². The van der Waals surface area contributed by atoms with Crippen LogP contribution in [0.5, 0.6) is 0 Å². The van der Waals surface area contributed by atoms with Crippen LogP contribution in [0.15, 0.2) is 28.7 Å². The molecule has 26 heavy (non-hydrogen) atoms. The molecule has 138 valence electrons. The van der Waals surface area contributed by atoms with Crippen LogP contribution in [-0.4, -0.2) is 65.4 Å². The minimum atomic E-state index is 0.100. The minimum Gasteiger partial charge on any atom is -0.441 e. The number of benzene rings is 1. The standard InChI is InChI=1S/C19H24N4O3/c24-17(20-14-5-6-14)13-22-9-11-23(12-10-22)19(25)8-7-18-21-15-3-1-2-4-16(15)26-18/h1-4,14H,5-13H2,(H,20,24). The van der Waals surface area contributed by atoms with Crippen molar-refractivity contribution in [3.63, 3.8) is 0 Å². The van der Waals surface area contributed by atoms with Crippen LogP contribution in [0.2, 0.25) is 0 Å². The summed E-state index contributed by atoms with van der Waals surface area (Å²) >= 11 is 0. The number of piperazine rings is 1. The zero-order chi connectivity index (χ0) is 17.9. The molecule has 1 N–H and O–H groups in total. The molecular weight excluding hydrogens is 332 g/mol. The molecule has 0 atom stereocenters. The molecule has 1 aromatic heterocycles. The Morgan fingerprint density at radius 3 is 2.65 bits per heavy atom. The number of carbonyl (C=O) groups excluding carboxylic acids is 2. The Hall–Kier alpha value is -2.41. The third kappa shape index (κ3) is 4.22. The number of nitrogens with zero attached hydrogens (tertiary/aromatic N) is 3. The van der Waals surface area contributed by atoms with Gasteiger partial charge in [-0.3, -0.25) is 14.5 Å². The second kappa shape index (κ2) is 7.45. The van der Waals surface area contributed by atoms with Gasteiger partial charge in [0.1, 0.15) is 5.52 Å². The van der Waals surface area contributed by atoms with Crippen molar-refractivity contribution < 1.29 is 14.0 Å². The Kier molecular flexibility index (Phi) is 4.88. The van der Waals surface area contributed by atoms with E-state index in [0.717, 1.165) is 37.0 Å². The van der Waals surface area contributed by atoms with E-state index in [1.807, 2.05) is 29.2 Å². The smallest absolute Gasteiger partial charge is 0.234 e. The summed E-state index contributed by atoms with van der Waals surface area (Å²) in [6.45, 7) is 3.26. The number of nitrogens with one attached hydrogen (secondary N) is 1. The monoisotopic (exact) mass is 356 g/mol. The summed E-state index contributed by atoms with van der Waals surface area (Å²) in [4.78, 5) is 32.7. The van der Waals surface area contributed by atoms with Gasteiger partial charge >= 0.3 is 0 Å². The van der Waals surface area contributed by atoms with Crippen LogP contribution in [0.4, 0.5) is 0 Å². The van der Waals surface area contributed by atoms with Crippen LogP contribution in [0, 0.1) is 0 Å². The number of fused-ring (bicyclic) bond motifs is 1. The summed E-state index contributed by atoms with van der Waals surface area (Å²) in [6, 6.07) is 8.02. The molecule has 2 aliphatic rings. The Morgan fingerprint density at radius 1 is 1.15 bits per heavy atom. The van der Waals surface area contributed by atoms with E-state index in [2.05, 4.69) is 15.2 Å². The van der Waals surface area contributed by atoms with Gasteiger partial charge in [0.25, 0.3) is 0 Å². The van der Waals surface area contributed by atoms with Crippen LogP contribution in [0.3, 0.4) is 0 Å². The summed E-state index contributed by atoms with van der Waals surface area (Å²) in [6.07, 6.45) is 3.12. The molecule has 2 heterocycles.